The molecule has 1 N–H and O–H groups in total. The van der Waals surface area contributed by atoms with E-state index in [1.54, 1.807) is 11.3 Å². The van der Waals surface area contributed by atoms with Gasteiger partial charge in [-0.05, 0) is 48.4 Å². The van der Waals surface area contributed by atoms with Crippen LogP contribution in [-0.4, -0.2) is 42.5 Å². The van der Waals surface area contributed by atoms with Gasteiger partial charge in [0.05, 0.1) is 6.42 Å². The molecule has 5 nitrogen and oxygen atoms in total. The van der Waals surface area contributed by atoms with Gasteiger partial charge in [-0.15, -0.1) is 11.3 Å². The Morgan fingerprint density at radius 2 is 1.93 bits per heavy atom. The van der Waals surface area contributed by atoms with Crippen LogP contribution in [0, 0.1) is 0 Å². The van der Waals surface area contributed by atoms with Crippen LogP contribution in [0.2, 0.25) is 0 Å². The summed E-state index contributed by atoms with van der Waals surface area (Å²) in [6, 6.07) is 12.0. The number of ether oxygens (including phenoxy) is 1. The molecule has 2 aromatic rings. The molecule has 28 heavy (non-hydrogen) atoms. The summed E-state index contributed by atoms with van der Waals surface area (Å²) in [5.41, 5.74) is 1.28. The van der Waals surface area contributed by atoms with Crippen molar-refractivity contribution in [3.8, 4) is 5.75 Å². The van der Waals surface area contributed by atoms with Gasteiger partial charge in [0.1, 0.15) is 5.75 Å². The van der Waals surface area contributed by atoms with Crippen LogP contribution < -0.4 is 10.1 Å². The minimum absolute atomic E-state index is 0.0185. The molecule has 1 saturated heterocycles. The summed E-state index contributed by atoms with van der Waals surface area (Å²) >= 11 is 1.61. The van der Waals surface area contributed by atoms with E-state index >= 15 is 0 Å². The molecule has 1 aliphatic rings. The molecule has 6 heteroatoms. The number of rotatable bonds is 8. The molecule has 2 amide bonds. The molecule has 0 aliphatic carbocycles. The third-order valence-corrected chi connectivity index (χ3v) is 5.83. The summed E-state index contributed by atoms with van der Waals surface area (Å²) in [5, 5.41) is 5.02. The third-order valence-electron chi connectivity index (χ3n) is 4.95. The first kappa shape index (κ1) is 20.4. The molecule has 0 spiro atoms. The SMILES string of the molecule is CCCc1ccc(OCC(=O)NC2CCN(C(=O)Cc3cccs3)CC2)cc1. The molecular weight excluding hydrogens is 372 g/mol. The highest BCUT2D eigenvalue weighted by molar-refractivity contribution is 7.10. The van der Waals surface area contributed by atoms with E-state index in [0.717, 1.165) is 30.6 Å². The summed E-state index contributed by atoms with van der Waals surface area (Å²) in [6.07, 6.45) is 4.21. The van der Waals surface area contributed by atoms with Crippen molar-refractivity contribution in [1.29, 1.82) is 0 Å². The number of amides is 2. The van der Waals surface area contributed by atoms with Crippen LogP contribution in [0.1, 0.15) is 36.6 Å². The van der Waals surface area contributed by atoms with E-state index in [2.05, 4.69) is 12.2 Å². The molecule has 0 atom stereocenters. The number of benzene rings is 1. The first-order valence-corrected chi connectivity index (χ1v) is 10.8. The maximum Gasteiger partial charge on any atom is 0.258 e. The summed E-state index contributed by atoms with van der Waals surface area (Å²) in [5.74, 6) is 0.770. The summed E-state index contributed by atoms with van der Waals surface area (Å²) in [6.45, 7) is 3.55. The molecule has 0 bridgehead atoms. The number of thiophene rings is 1. The number of aryl methyl sites for hydroxylation is 1. The van der Waals surface area contributed by atoms with E-state index in [4.69, 9.17) is 4.74 Å². The van der Waals surface area contributed by atoms with Crippen molar-refractivity contribution in [2.24, 2.45) is 0 Å². The van der Waals surface area contributed by atoms with E-state index in [-0.39, 0.29) is 24.5 Å². The number of hydrogen-bond donors (Lipinski definition) is 1. The zero-order chi connectivity index (χ0) is 19.8. The lowest BCUT2D eigenvalue weighted by Gasteiger charge is -2.32. The molecule has 1 aromatic heterocycles. The van der Waals surface area contributed by atoms with Gasteiger partial charge >= 0.3 is 0 Å². The van der Waals surface area contributed by atoms with E-state index in [1.807, 2.05) is 46.7 Å². The molecule has 2 heterocycles. The van der Waals surface area contributed by atoms with Crippen molar-refractivity contribution in [3.63, 3.8) is 0 Å². The third kappa shape index (κ3) is 6.09. The molecular formula is C22H28N2O3S. The normalized spacial score (nSPS) is 14.7. The zero-order valence-corrected chi connectivity index (χ0v) is 17.2. The highest BCUT2D eigenvalue weighted by atomic mass is 32.1. The molecule has 0 unspecified atom stereocenters. The van der Waals surface area contributed by atoms with Crippen molar-refractivity contribution in [3.05, 3.63) is 52.2 Å². The monoisotopic (exact) mass is 400 g/mol. The average molecular weight is 401 g/mol. The number of piperidine rings is 1. The maximum absolute atomic E-state index is 12.3. The Morgan fingerprint density at radius 3 is 2.57 bits per heavy atom. The highest BCUT2D eigenvalue weighted by Gasteiger charge is 2.24. The van der Waals surface area contributed by atoms with Crippen LogP contribution in [0.3, 0.4) is 0 Å². The first-order chi connectivity index (χ1) is 13.6. The van der Waals surface area contributed by atoms with Gasteiger partial charge in [-0.2, -0.15) is 0 Å². The molecule has 0 radical (unpaired) electrons. The number of likely N-dealkylation sites (tertiary alicyclic amines) is 1. The lowest BCUT2D eigenvalue weighted by Crippen LogP contribution is -2.47. The Balaban J connectivity index is 1.35. The van der Waals surface area contributed by atoms with Gasteiger partial charge in [-0.1, -0.05) is 31.5 Å². The van der Waals surface area contributed by atoms with Crippen LogP contribution in [0.4, 0.5) is 0 Å². The van der Waals surface area contributed by atoms with Crippen LogP contribution >= 0.6 is 11.3 Å². The number of carbonyl (C=O) groups excluding carboxylic acids is 2. The Labute approximate surface area is 170 Å². The average Bonchev–Trinajstić information content (AvgIpc) is 3.21. The van der Waals surface area contributed by atoms with Gasteiger partial charge in [0.25, 0.3) is 5.91 Å². The molecule has 0 saturated carbocycles. The van der Waals surface area contributed by atoms with Gasteiger partial charge < -0.3 is 15.0 Å². The van der Waals surface area contributed by atoms with E-state index in [0.29, 0.717) is 25.3 Å². The number of nitrogens with one attached hydrogen (secondary N) is 1. The topological polar surface area (TPSA) is 58.6 Å². The van der Waals surface area contributed by atoms with Gasteiger partial charge in [-0.25, -0.2) is 0 Å². The zero-order valence-electron chi connectivity index (χ0n) is 16.4. The molecule has 150 valence electrons. The molecule has 3 rings (SSSR count). The van der Waals surface area contributed by atoms with Crippen molar-refractivity contribution in [2.45, 2.75) is 45.1 Å². The fourth-order valence-corrected chi connectivity index (χ4v) is 4.10. The Bertz CT molecular complexity index is 751. The van der Waals surface area contributed by atoms with Crippen LogP contribution in [0.15, 0.2) is 41.8 Å². The Morgan fingerprint density at radius 1 is 1.18 bits per heavy atom. The van der Waals surface area contributed by atoms with Crippen molar-refractivity contribution < 1.29 is 14.3 Å². The Kier molecular flexibility index (Phi) is 7.48. The maximum atomic E-state index is 12.3. The highest BCUT2D eigenvalue weighted by Crippen LogP contribution is 2.16. The second-order valence-electron chi connectivity index (χ2n) is 7.16. The van der Waals surface area contributed by atoms with Crippen LogP contribution in [-0.2, 0) is 22.4 Å². The van der Waals surface area contributed by atoms with Crippen molar-refractivity contribution in [1.82, 2.24) is 10.2 Å². The number of carbonyl (C=O) groups is 2. The summed E-state index contributed by atoms with van der Waals surface area (Å²) in [4.78, 5) is 27.5. The quantitative estimate of drug-likeness (QED) is 0.739. The first-order valence-electron chi connectivity index (χ1n) is 9.95. The van der Waals surface area contributed by atoms with E-state index in [9.17, 15) is 9.59 Å². The van der Waals surface area contributed by atoms with Gasteiger partial charge in [0, 0.05) is 24.0 Å². The van der Waals surface area contributed by atoms with Crippen molar-refractivity contribution >= 4 is 23.2 Å². The standard InChI is InChI=1S/C22H28N2O3S/c1-2-4-17-6-8-19(9-7-17)27-16-21(25)23-18-10-12-24(13-11-18)22(26)15-20-5-3-14-28-20/h3,5-9,14,18H,2,4,10-13,15-16H2,1H3,(H,23,25). The smallest absolute Gasteiger partial charge is 0.258 e. The lowest BCUT2D eigenvalue weighted by atomic mass is 10.0. The van der Waals surface area contributed by atoms with Crippen LogP contribution in [0.5, 0.6) is 5.75 Å². The van der Waals surface area contributed by atoms with Gasteiger partial charge in [0.15, 0.2) is 6.61 Å². The molecule has 1 fully saturated rings. The predicted octanol–water partition coefficient (Wildman–Crippen LogP) is 3.43. The fourth-order valence-electron chi connectivity index (χ4n) is 3.41. The number of nitrogens with zero attached hydrogens (tertiary/aromatic N) is 1. The van der Waals surface area contributed by atoms with E-state index < -0.39 is 0 Å². The number of hydrogen-bond acceptors (Lipinski definition) is 4. The predicted molar refractivity (Wildman–Crippen MR) is 112 cm³/mol. The molecule has 1 aliphatic heterocycles. The van der Waals surface area contributed by atoms with Gasteiger partial charge in [0.2, 0.25) is 5.91 Å². The minimum atomic E-state index is -0.110. The summed E-state index contributed by atoms with van der Waals surface area (Å²) in [7, 11) is 0. The summed E-state index contributed by atoms with van der Waals surface area (Å²) < 4.78 is 5.59. The fraction of sp³-hybridized carbons (Fsp3) is 0.455. The largest absolute Gasteiger partial charge is 0.484 e. The van der Waals surface area contributed by atoms with Crippen molar-refractivity contribution in [2.75, 3.05) is 19.7 Å². The molecule has 1 aromatic carbocycles. The second kappa shape index (κ2) is 10.3. The lowest BCUT2D eigenvalue weighted by molar-refractivity contribution is -0.131. The van der Waals surface area contributed by atoms with Crippen LogP contribution in [0.25, 0.3) is 0 Å². The van der Waals surface area contributed by atoms with Gasteiger partial charge in [-0.3, -0.25) is 9.59 Å². The Hall–Kier alpha value is -2.34. The second-order valence-corrected chi connectivity index (χ2v) is 8.19. The van der Waals surface area contributed by atoms with E-state index in [1.165, 1.54) is 5.56 Å². The minimum Gasteiger partial charge on any atom is -0.484 e.